The van der Waals surface area contributed by atoms with Crippen LogP contribution in [0, 0.1) is 5.41 Å². The van der Waals surface area contributed by atoms with Gasteiger partial charge in [0.1, 0.15) is 11.9 Å². The summed E-state index contributed by atoms with van der Waals surface area (Å²) >= 11 is 0. The molecule has 3 aromatic rings. The monoisotopic (exact) mass is 309 g/mol. The van der Waals surface area contributed by atoms with E-state index in [9.17, 15) is 5.11 Å². The van der Waals surface area contributed by atoms with Crippen LogP contribution in [0.15, 0.2) is 60.1 Å². The van der Waals surface area contributed by atoms with E-state index in [0.29, 0.717) is 11.3 Å². The van der Waals surface area contributed by atoms with Crippen molar-refractivity contribution >= 4 is 0 Å². The summed E-state index contributed by atoms with van der Waals surface area (Å²) in [4.78, 5) is 12.6. The lowest BCUT2D eigenvalue weighted by molar-refractivity contribution is -0.0301. The maximum Gasteiger partial charge on any atom is 0.139 e. The van der Waals surface area contributed by atoms with E-state index in [1.54, 1.807) is 31.1 Å². The molecule has 0 amide bonds. The average molecular weight is 309 g/mol. The first-order chi connectivity index (χ1) is 10.9. The smallest absolute Gasteiger partial charge is 0.139 e. The average Bonchev–Trinajstić information content (AvgIpc) is 3.08. The van der Waals surface area contributed by atoms with Crippen LogP contribution in [-0.2, 0) is 5.60 Å². The second-order valence-corrected chi connectivity index (χ2v) is 6.53. The Morgan fingerprint density at radius 3 is 2.22 bits per heavy atom. The van der Waals surface area contributed by atoms with Gasteiger partial charge in [-0.3, -0.25) is 4.98 Å². The summed E-state index contributed by atoms with van der Waals surface area (Å²) in [5.74, 6) is 0. The van der Waals surface area contributed by atoms with Gasteiger partial charge in [-0.25, -0.2) is 9.97 Å². The molecule has 3 heterocycles. The minimum Gasteiger partial charge on any atom is -0.472 e. The summed E-state index contributed by atoms with van der Waals surface area (Å²) in [5.41, 5.74) is 1.29. The molecule has 1 atom stereocenters. The van der Waals surface area contributed by atoms with Gasteiger partial charge >= 0.3 is 0 Å². The topological polar surface area (TPSA) is 72.0 Å². The van der Waals surface area contributed by atoms with Crippen LogP contribution in [-0.4, -0.2) is 20.1 Å². The Hall–Kier alpha value is -2.53. The summed E-state index contributed by atoms with van der Waals surface area (Å²) < 4.78 is 5.10. The highest BCUT2D eigenvalue weighted by atomic mass is 16.3. The van der Waals surface area contributed by atoms with Crippen molar-refractivity contribution < 1.29 is 9.52 Å². The van der Waals surface area contributed by atoms with Crippen molar-refractivity contribution in [3.05, 3.63) is 66.9 Å². The SMILES string of the molecule is CC(C)(C)C(O)(c1cncnc1)c1ccc(-c2ccoc2)cn1. The van der Waals surface area contributed by atoms with Crippen LogP contribution in [0.5, 0.6) is 0 Å². The van der Waals surface area contributed by atoms with Crippen LogP contribution in [0.1, 0.15) is 32.0 Å². The molecule has 0 aliphatic rings. The fraction of sp³-hybridized carbons (Fsp3) is 0.278. The Balaban J connectivity index is 2.08. The van der Waals surface area contributed by atoms with E-state index >= 15 is 0 Å². The van der Waals surface area contributed by atoms with Crippen LogP contribution in [0.2, 0.25) is 0 Å². The van der Waals surface area contributed by atoms with Crippen molar-refractivity contribution in [2.75, 3.05) is 0 Å². The number of hydrogen-bond acceptors (Lipinski definition) is 5. The van der Waals surface area contributed by atoms with Crippen molar-refractivity contribution in [2.45, 2.75) is 26.4 Å². The highest BCUT2D eigenvalue weighted by Gasteiger charge is 2.45. The maximum atomic E-state index is 11.5. The number of pyridine rings is 1. The molecule has 1 unspecified atom stereocenters. The van der Waals surface area contributed by atoms with Gasteiger partial charge in [0.15, 0.2) is 0 Å². The molecular formula is C18H19N3O2. The van der Waals surface area contributed by atoms with Crippen LogP contribution in [0.25, 0.3) is 11.1 Å². The summed E-state index contributed by atoms with van der Waals surface area (Å²) in [7, 11) is 0. The summed E-state index contributed by atoms with van der Waals surface area (Å²) in [6.07, 6.45) is 9.73. The molecule has 3 aromatic heterocycles. The van der Waals surface area contributed by atoms with E-state index < -0.39 is 11.0 Å². The number of furan rings is 1. The minimum atomic E-state index is -1.29. The van der Waals surface area contributed by atoms with Gasteiger partial charge in [-0.15, -0.1) is 0 Å². The van der Waals surface area contributed by atoms with Gasteiger partial charge in [-0.2, -0.15) is 0 Å². The van der Waals surface area contributed by atoms with Crippen LogP contribution < -0.4 is 0 Å². The van der Waals surface area contributed by atoms with Crippen molar-refractivity contribution in [1.82, 2.24) is 15.0 Å². The Kier molecular flexibility index (Phi) is 3.74. The molecule has 5 heteroatoms. The van der Waals surface area contributed by atoms with Gasteiger partial charge in [0.05, 0.1) is 18.2 Å². The highest BCUT2D eigenvalue weighted by molar-refractivity contribution is 5.61. The van der Waals surface area contributed by atoms with Gasteiger partial charge < -0.3 is 9.52 Å². The molecule has 0 aliphatic heterocycles. The van der Waals surface area contributed by atoms with Gasteiger partial charge in [0, 0.05) is 40.7 Å². The molecule has 0 saturated heterocycles. The quantitative estimate of drug-likeness (QED) is 0.802. The van der Waals surface area contributed by atoms with E-state index in [4.69, 9.17) is 4.42 Å². The van der Waals surface area contributed by atoms with E-state index in [2.05, 4.69) is 15.0 Å². The van der Waals surface area contributed by atoms with Gasteiger partial charge in [0.2, 0.25) is 0 Å². The Morgan fingerprint density at radius 2 is 1.70 bits per heavy atom. The molecular weight excluding hydrogens is 290 g/mol. The van der Waals surface area contributed by atoms with Crippen molar-refractivity contribution in [3.63, 3.8) is 0 Å². The normalized spacial score (nSPS) is 14.4. The third-order valence-electron chi connectivity index (χ3n) is 4.05. The van der Waals surface area contributed by atoms with E-state index in [1.807, 2.05) is 39.0 Å². The summed E-state index contributed by atoms with van der Waals surface area (Å²) in [6, 6.07) is 5.63. The number of hydrogen-bond donors (Lipinski definition) is 1. The second kappa shape index (κ2) is 5.59. The molecule has 0 aliphatic carbocycles. The van der Waals surface area contributed by atoms with Gasteiger partial charge in [0.25, 0.3) is 0 Å². The first kappa shape index (κ1) is 15.4. The number of aliphatic hydroxyl groups is 1. The standard InChI is InChI=1S/C18H19N3O2/c1-17(2,3)18(22,15-9-19-12-20-10-15)16-5-4-13(8-21-16)14-6-7-23-11-14/h4-12,22H,1-3H3. The molecule has 3 rings (SSSR count). The predicted octanol–water partition coefficient (Wildman–Crippen LogP) is 3.41. The Morgan fingerprint density at radius 1 is 0.957 bits per heavy atom. The predicted molar refractivity (Wildman–Crippen MR) is 86.4 cm³/mol. The third-order valence-corrected chi connectivity index (χ3v) is 4.05. The van der Waals surface area contributed by atoms with Crippen molar-refractivity contribution in [1.29, 1.82) is 0 Å². The fourth-order valence-electron chi connectivity index (χ4n) is 2.66. The molecule has 0 fully saturated rings. The Labute approximate surface area is 135 Å². The second-order valence-electron chi connectivity index (χ2n) is 6.53. The summed E-state index contributed by atoms with van der Waals surface area (Å²) in [5, 5.41) is 11.5. The zero-order valence-electron chi connectivity index (χ0n) is 13.4. The first-order valence-corrected chi connectivity index (χ1v) is 7.40. The largest absolute Gasteiger partial charge is 0.472 e. The summed E-state index contributed by atoms with van der Waals surface area (Å²) in [6.45, 7) is 5.89. The lowest BCUT2D eigenvalue weighted by Crippen LogP contribution is -2.42. The van der Waals surface area contributed by atoms with Gasteiger partial charge in [-0.1, -0.05) is 26.8 Å². The first-order valence-electron chi connectivity index (χ1n) is 7.40. The number of aromatic nitrogens is 3. The molecule has 0 saturated carbocycles. The zero-order valence-corrected chi connectivity index (χ0v) is 13.4. The molecule has 0 aromatic carbocycles. The van der Waals surface area contributed by atoms with Crippen LogP contribution in [0.3, 0.4) is 0 Å². The zero-order chi connectivity index (χ0) is 16.5. The maximum absolute atomic E-state index is 11.5. The van der Waals surface area contributed by atoms with Crippen LogP contribution >= 0.6 is 0 Å². The molecule has 23 heavy (non-hydrogen) atoms. The van der Waals surface area contributed by atoms with Crippen molar-refractivity contribution in [3.8, 4) is 11.1 Å². The van der Waals surface area contributed by atoms with E-state index in [-0.39, 0.29) is 0 Å². The molecule has 118 valence electrons. The highest BCUT2D eigenvalue weighted by Crippen LogP contribution is 2.43. The molecule has 0 bridgehead atoms. The number of rotatable bonds is 3. The lowest BCUT2D eigenvalue weighted by Gasteiger charge is -2.39. The minimum absolute atomic E-state index is 0.484. The molecule has 0 radical (unpaired) electrons. The fourth-order valence-corrected chi connectivity index (χ4v) is 2.66. The molecule has 5 nitrogen and oxygen atoms in total. The van der Waals surface area contributed by atoms with Crippen molar-refractivity contribution in [2.24, 2.45) is 5.41 Å². The number of nitrogens with zero attached hydrogens (tertiary/aromatic N) is 3. The van der Waals surface area contributed by atoms with E-state index in [0.717, 1.165) is 11.1 Å². The molecule has 1 N–H and O–H groups in total. The Bertz CT molecular complexity index is 762. The van der Waals surface area contributed by atoms with Gasteiger partial charge in [-0.05, 0) is 12.1 Å². The van der Waals surface area contributed by atoms with E-state index in [1.165, 1.54) is 6.33 Å². The third kappa shape index (κ3) is 2.64. The lowest BCUT2D eigenvalue weighted by atomic mass is 9.71. The van der Waals surface area contributed by atoms with Crippen LogP contribution in [0.4, 0.5) is 0 Å². The molecule has 0 spiro atoms.